The van der Waals surface area contributed by atoms with Gasteiger partial charge >= 0.3 is 0 Å². The lowest BCUT2D eigenvalue weighted by atomic mass is 10.2. The van der Waals surface area contributed by atoms with Gasteiger partial charge in [-0.05, 0) is 30.9 Å². The van der Waals surface area contributed by atoms with E-state index in [1.54, 1.807) is 11.3 Å². The molecule has 0 radical (unpaired) electrons. The number of carbonyl (C=O) groups is 1. The fourth-order valence-electron chi connectivity index (χ4n) is 2.67. The number of fused-ring (bicyclic) bond motifs is 1. The lowest BCUT2D eigenvalue weighted by molar-refractivity contribution is 0.0932. The maximum atomic E-state index is 12.3. The average molecular weight is 312 g/mol. The molecule has 0 saturated carbocycles. The third-order valence-corrected chi connectivity index (χ3v) is 6.26. The van der Waals surface area contributed by atoms with Gasteiger partial charge in [-0.25, -0.2) is 8.42 Å². The molecule has 1 amide bonds. The van der Waals surface area contributed by atoms with Gasteiger partial charge in [0, 0.05) is 12.6 Å². The maximum Gasteiger partial charge on any atom is 0.268 e. The molecule has 0 aromatic carbocycles. The maximum absolute atomic E-state index is 12.3. The van der Waals surface area contributed by atoms with Gasteiger partial charge in [0.25, 0.3) is 5.91 Å². The lowest BCUT2D eigenvalue weighted by Gasteiger charge is -2.12. The van der Waals surface area contributed by atoms with E-state index >= 15 is 0 Å². The van der Waals surface area contributed by atoms with E-state index in [-0.39, 0.29) is 23.5 Å². The van der Waals surface area contributed by atoms with Gasteiger partial charge in [0.05, 0.1) is 21.7 Å². The number of amides is 1. The Morgan fingerprint density at radius 3 is 3.00 bits per heavy atom. The molecule has 20 heavy (non-hydrogen) atoms. The molecule has 1 N–H and O–H groups in total. The molecule has 1 aliphatic rings. The van der Waals surface area contributed by atoms with Crippen LogP contribution in [0, 0.1) is 0 Å². The molecular formula is C13H16N2O3S2. The van der Waals surface area contributed by atoms with Crippen molar-refractivity contribution in [3.63, 3.8) is 0 Å². The van der Waals surface area contributed by atoms with Crippen LogP contribution in [0.1, 0.15) is 23.8 Å². The smallest absolute Gasteiger partial charge is 0.268 e. The highest BCUT2D eigenvalue weighted by atomic mass is 32.2. The van der Waals surface area contributed by atoms with Gasteiger partial charge in [-0.3, -0.25) is 4.79 Å². The zero-order valence-corrected chi connectivity index (χ0v) is 12.8. The van der Waals surface area contributed by atoms with Crippen molar-refractivity contribution in [2.75, 3.05) is 11.5 Å². The van der Waals surface area contributed by atoms with Crippen LogP contribution in [0.4, 0.5) is 0 Å². The number of hydrogen-bond acceptors (Lipinski definition) is 4. The van der Waals surface area contributed by atoms with Crippen molar-refractivity contribution in [1.82, 2.24) is 9.88 Å². The van der Waals surface area contributed by atoms with E-state index in [0.717, 1.165) is 10.2 Å². The van der Waals surface area contributed by atoms with Crippen LogP contribution >= 0.6 is 11.3 Å². The second-order valence-corrected chi connectivity index (χ2v) is 8.19. The summed E-state index contributed by atoms with van der Waals surface area (Å²) in [6.07, 6.45) is 0.509. The van der Waals surface area contributed by atoms with Crippen LogP contribution in [0.3, 0.4) is 0 Å². The van der Waals surface area contributed by atoms with Gasteiger partial charge in [-0.2, -0.15) is 0 Å². The third-order valence-electron chi connectivity index (χ3n) is 3.64. The van der Waals surface area contributed by atoms with Crippen molar-refractivity contribution >= 4 is 37.3 Å². The Balaban J connectivity index is 1.84. The van der Waals surface area contributed by atoms with Gasteiger partial charge in [-0.1, -0.05) is 0 Å². The lowest BCUT2D eigenvalue weighted by Crippen LogP contribution is -2.36. The number of thiophene rings is 1. The van der Waals surface area contributed by atoms with E-state index in [0.29, 0.717) is 18.7 Å². The Hall–Kier alpha value is -1.34. The molecule has 1 aliphatic heterocycles. The largest absolute Gasteiger partial charge is 0.347 e. The van der Waals surface area contributed by atoms with Gasteiger partial charge in [0.15, 0.2) is 9.84 Å². The zero-order valence-electron chi connectivity index (χ0n) is 11.1. The summed E-state index contributed by atoms with van der Waals surface area (Å²) in [4.78, 5) is 12.3. The van der Waals surface area contributed by atoms with Crippen molar-refractivity contribution < 1.29 is 13.2 Å². The molecule has 1 fully saturated rings. The summed E-state index contributed by atoms with van der Waals surface area (Å²) in [5.74, 6) is 0.0410. The summed E-state index contributed by atoms with van der Waals surface area (Å²) in [5, 5.41) is 4.84. The van der Waals surface area contributed by atoms with Crippen molar-refractivity contribution in [3.8, 4) is 0 Å². The average Bonchev–Trinajstić information content (AvgIpc) is 3.02. The number of carbonyl (C=O) groups excluding carboxylic acids is 1. The molecule has 0 spiro atoms. The summed E-state index contributed by atoms with van der Waals surface area (Å²) >= 11 is 1.60. The standard InChI is InChI=1S/C13H16N2O3S2/c1-2-15-10-3-5-19-12(10)7-11(15)13(16)14-9-4-6-20(17,18)8-9/h3,5,7,9H,2,4,6,8H2,1H3,(H,14,16). The number of hydrogen-bond donors (Lipinski definition) is 1. The Labute approximate surface area is 121 Å². The highest BCUT2D eigenvalue weighted by molar-refractivity contribution is 7.91. The van der Waals surface area contributed by atoms with E-state index in [4.69, 9.17) is 0 Å². The predicted octanol–water partition coefficient (Wildman–Crippen LogP) is 1.64. The molecule has 3 rings (SSSR count). The van der Waals surface area contributed by atoms with Gasteiger partial charge in [0.2, 0.25) is 0 Å². The quantitative estimate of drug-likeness (QED) is 0.937. The minimum absolute atomic E-state index is 0.0555. The highest BCUT2D eigenvalue weighted by Crippen LogP contribution is 2.25. The van der Waals surface area contributed by atoms with Crippen molar-refractivity contribution in [1.29, 1.82) is 0 Å². The Morgan fingerprint density at radius 2 is 2.35 bits per heavy atom. The molecule has 0 aliphatic carbocycles. The summed E-state index contributed by atoms with van der Waals surface area (Å²) in [7, 11) is -2.97. The SMILES string of the molecule is CCn1c(C(=O)NC2CCS(=O)(=O)C2)cc2sccc21. The first-order valence-electron chi connectivity index (χ1n) is 6.58. The first kappa shape index (κ1) is 13.6. The molecule has 108 valence electrons. The van der Waals surface area contributed by atoms with E-state index in [9.17, 15) is 13.2 Å². The third kappa shape index (κ3) is 2.35. The normalized spacial score (nSPS) is 21.4. The highest BCUT2D eigenvalue weighted by Gasteiger charge is 2.29. The van der Waals surface area contributed by atoms with Crippen LogP contribution in [0.2, 0.25) is 0 Å². The number of nitrogens with zero attached hydrogens (tertiary/aromatic N) is 1. The van der Waals surface area contributed by atoms with Gasteiger partial charge < -0.3 is 9.88 Å². The Kier molecular flexibility index (Phi) is 3.33. The summed E-state index contributed by atoms with van der Waals surface area (Å²) in [6.45, 7) is 2.71. The fraction of sp³-hybridized carbons (Fsp3) is 0.462. The fourth-order valence-corrected chi connectivity index (χ4v) is 5.17. The number of aromatic nitrogens is 1. The van der Waals surface area contributed by atoms with Crippen LogP contribution in [-0.2, 0) is 16.4 Å². The Morgan fingerprint density at radius 1 is 1.55 bits per heavy atom. The summed E-state index contributed by atoms with van der Waals surface area (Å²) in [5.41, 5.74) is 1.67. The Bertz CT molecular complexity index is 758. The zero-order chi connectivity index (χ0) is 14.3. The first-order valence-corrected chi connectivity index (χ1v) is 9.28. The minimum Gasteiger partial charge on any atom is -0.347 e. The van der Waals surface area contributed by atoms with E-state index in [1.165, 1.54) is 0 Å². The molecule has 2 aromatic heterocycles. The van der Waals surface area contributed by atoms with Crippen molar-refractivity contribution in [2.24, 2.45) is 0 Å². The second-order valence-electron chi connectivity index (χ2n) is 5.02. The van der Waals surface area contributed by atoms with Crippen LogP contribution in [0.25, 0.3) is 10.2 Å². The number of rotatable bonds is 3. The number of aryl methyl sites for hydroxylation is 1. The first-order chi connectivity index (χ1) is 9.50. The molecule has 0 bridgehead atoms. The second kappa shape index (κ2) is 4.89. The molecule has 1 saturated heterocycles. The number of nitrogens with one attached hydrogen (secondary N) is 1. The predicted molar refractivity (Wildman–Crippen MR) is 80.0 cm³/mol. The summed E-state index contributed by atoms with van der Waals surface area (Å²) in [6, 6.07) is 3.62. The van der Waals surface area contributed by atoms with Crippen molar-refractivity contribution in [2.45, 2.75) is 25.9 Å². The van der Waals surface area contributed by atoms with E-state index in [1.807, 2.05) is 29.0 Å². The molecule has 3 heterocycles. The molecule has 1 unspecified atom stereocenters. The van der Waals surface area contributed by atoms with Crippen LogP contribution < -0.4 is 5.32 Å². The topological polar surface area (TPSA) is 68.2 Å². The number of sulfone groups is 1. The molecule has 2 aromatic rings. The van der Waals surface area contributed by atoms with E-state index < -0.39 is 9.84 Å². The van der Waals surface area contributed by atoms with Crippen LogP contribution in [0.15, 0.2) is 17.5 Å². The van der Waals surface area contributed by atoms with Crippen molar-refractivity contribution in [3.05, 3.63) is 23.2 Å². The van der Waals surface area contributed by atoms with Crippen LogP contribution in [-0.4, -0.2) is 36.4 Å². The molecule has 1 atom stereocenters. The molecular weight excluding hydrogens is 296 g/mol. The summed E-state index contributed by atoms with van der Waals surface area (Å²) < 4.78 is 25.9. The monoisotopic (exact) mass is 312 g/mol. The molecule has 7 heteroatoms. The molecule has 5 nitrogen and oxygen atoms in total. The van der Waals surface area contributed by atoms with Gasteiger partial charge in [-0.15, -0.1) is 11.3 Å². The van der Waals surface area contributed by atoms with Gasteiger partial charge in [0.1, 0.15) is 5.69 Å². The van der Waals surface area contributed by atoms with Crippen LogP contribution in [0.5, 0.6) is 0 Å². The minimum atomic E-state index is -2.97. The van der Waals surface area contributed by atoms with E-state index in [2.05, 4.69) is 5.32 Å².